The first-order chi connectivity index (χ1) is 10.5. The predicted molar refractivity (Wildman–Crippen MR) is 97.1 cm³/mol. The van der Waals surface area contributed by atoms with Crippen molar-refractivity contribution in [2.45, 2.75) is 53.4 Å². The van der Waals surface area contributed by atoms with Crippen LogP contribution in [-0.4, -0.2) is 0 Å². The molecule has 0 N–H and O–H groups in total. The maximum atomic E-state index is 2.48. The zero-order valence-electron chi connectivity index (χ0n) is 14.6. The van der Waals surface area contributed by atoms with Crippen LogP contribution in [0.3, 0.4) is 0 Å². The molecule has 2 aromatic rings. The Balaban J connectivity index is 2.28. The average molecular weight is 294 g/mol. The standard InChI is InChI=1S/C22H30/c1-5-21(3,17-19-13-9-7-10-14-19)22(4,6-2)18-20-15-11-8-12-16-20/h7-16H,5-6,17-18H2,1-4H3. The van der Waals surface area contributed by atoms with E-state index in [0.29, 0.717) is 10.8 Å². The van der Waals surface area contributed by atoms with Gasteiger partial charge in [-0.15, -0.1) is 0 Å². The zero-order valence-corrected chi connectivity index (χ0v) is 14.6. The molecule has 0 saturated heterocycles. The van der Waals surface area contributed by atoms with Crippen molar-refractivity contribution in [3.05, 3.63) is 71.8 Å². The highest BCUT2D eigenvalue weighted by atomic mass is 14.5. The summed E-state index contributed by atoms with van der Waals surface area (Å²) in [5, 5.41) is 0. The van der Waals surface area contributed by atoms with E-state index in [0.717, 1.165) is 12.8 Å². The van der Waals surface area contributed by atoms with Crippen molar-refractivity contribution in [3.8, 4) is 0 Å². The lowest BCUT2D eigenvalue weighted by molar-refractivity contribution is 0.0584. The van der Waals surface area contributed by atoms with Crippen LogP contribution in [0.25, 0.3) is 0 Å². The Morgan fingerprint density at radius 2 is 0.909 bits per heavy atom. The van der Waals surface area contributed by atoms with Gasteiger partial charge in [0.2, 0.25) is 0 Å². The van der Waals surface area contributed by atoms with Crippen molar-refractivity contribution < 1.29 is 0 Å². The molecular formula is C22H30. The third-order valence-electron chi connectivity index (χ3n) is 5.89. The van der Waals surface area contributed by atoms with Crippen LogP contribution in [0.5, 0.6) is 0 Å². The van der Waals surface area contributed by atoms with Crippen LogP contribution in [0.1, 0.15) is 51.7 Å². The van der Waals surface area contributed by atoms with Gasteiger partial charge in [-0.25, -0.2) is 0 Å². The Morgan fingerprint density at radius 1 is 0.591 bits per heavy atom. The lowest BCUT2D eigenvalue weighted by atomic mass is 9.58. The van der Waals surface area contributed by atoms with Crippen molar-refractivity contribution in [1.82, 2.24) is 0 Å². The van der Waals surface area contributed by atoms with Crippen LogP contribution in [0.2, 0.25) is 0 Å². The van der Waals surface area contributed by atoms with Crippen molar-refractivity contribution >= 4 is 0 Å². The smallest absolute Gasteiger partial charge is 0.0219 e. The number of hydrogen-bond acceptors (Lipinski definition) is 0. The number of rotatable bonds is 7. The van der Waals surface area contributed by atoms with Gasteiger partial charge in [0.05, 0.1) is 0 Å². The summed E-state index contributed by atoms with van der Waals surface area (Å²) in [6.07, 6.45) is 4.72. The maximum absolute atomic E-state index is 2.48. The lowest BCUT2D eigenvalue weighted by Crippen LogP contribution is -2.40. The van der Waals surface area contributed by atoms with Crippen LogP contribution in [0, 0.1) is 10.8 Å². The summed E-state index contributed by atoms with van der Waals surface area (Å²) in [4.78, 5) is 0. The molecular weight excluding hydrogens is 264 g/mol. The number of benzene rings is 2. The summed E-state index contributed by atoms with van der Waals surface area (Å²) in [6, 6.07) is 21.9. The summed E-state index contributed by atoms with van der Waals surface area (Å²) in [5.41, 5.74) is 3.52. The quantitative estimate of drug-likeness (QED) is 0.561. The molecule has 0 heteroatoms. The summed E-state index contributed by atoms with van der Waals surface area (Å²) >= 11 is 0. The largest absolute Gasteiger partial charge is 0.0648 e. The highest BCUT2D eigenvalue weighted by molar-refractivity contribution is 5.20. The Bertz CT molecular complexity index is 504. The topological polar surface area (TPSA) is 0 Å². The second kappa shape index (κ2) is 7.13. The molecule has 0 saturated carbocycles. The van der Waals surface area contributed by atoms with Crippen LogP contribution < -0.4 is 0 Å². The van der Waals surface area contributed by atoms with Crippen molar-refractivity contribution in [3.63, 3.8) is 0 Å². The molecule has 2 atom stereocenters. The van der Waals surface area contributed by atoms with Gasteiger partial charge < -0.3 is 0 Å². The van der Waals surface area contributed by atoms with Crippen molar-refractivity contribution in [1.29, 1.82) is 0 Å². The monoisotopic (exact) mass is 294 g/mol. The van der Waals surface area contributed by atoms with E-state index in [1.807, 2.05) is 0 Å². The molecule has 0 aliphatic rings. The van der Waals surface area contributed by atoms with Crippen LogP contribution in [-0.2, 0) is 12.8 Å². The van der Waals surface area contributed by atoms with E-state index in [1.165, 1.54) is 24.0 Å². The van der Waals surface area contributed by atoms with E-state index >= 15 is 0 Å². The first kappa shape index (κ1) is 16.8. The minimum atomic E-state index is 0.305. The summed E-state index contributed by atoms with van der Waals surface area (Å²) in [5.74, 6) is 0. The lowest BCUT2D eigenvalue weighted by Gasteiger charge is -2.47. The van der Waals surface area contributed by atoms with Gasteiger partial charge >= 0.3 is 0 Å². The zero-order chi connectivity index (χ0) is 16.1. The SMILES string of the molecule is CCC(C)(Cc1ccccc1)C(C)(CC)Cc1ccccc1. The molecule has 2 unspecified atom stereocenters. The molecule has 2 rings (SSSR count). The molecule has 0 bridgehead atoms. The fraction of sp³-hybridized carbons (Fsp3) is 0.455. The maximum Gasteiger partial charge on any atom is -0.0219 e. The van der Waals surface area contributed by atoms with Gasteiger partial charge in [0, 0.05) is 0 Å². The highest BCUT2D eigenvalue weighted by Crippen LogP contribution is 2.48. The molecule has 0 spiro atoms. The van der Waals surface area contributed by atoms with Crippen molar-refractivity contribution in [2.75, 3.05) is 0 Å². The van der Waals surface area contributed by atoms with E-state index in [-0.39, 0.29) is 0 Å². The third kappa shape index (κ3) is 3.61. The van der Waals surface area contributed by atoms with Gasteiger partial charge in [0.1, 0.15) is 0 Å². The molecule has 2 aromatic carbocycles. The minimum Gasteiger partial charge on any atom is -0.0648 e. The van der Waals surface area contributed by atoms with E-state index < -0.39 is 0 Å². The highest BCUT2D eigenvalue weighted by Gasteiger charge is 2.41. The molecule has 0 radical (unpaired) electrons. The molecule has 0 heterocycles. The normalized spacial score (nSPS) is 16.7. The average Bonchev–Trinajstić information content (AvgIpc) is 2.56. The summed E-state index contributed by atoms with van der Waals surface area (Å²) < 4.78 is 0. The minimum absolute atomic E-state index is 0.305. The second-order valence-corrected chi connectivity index (χ2v) is 7.15. The van der Waals surface area contributed by atoms with Crippen molar-refractivity contribution in [2.24, 2.45) is 10.8 Å². The Hall–Kier alpha value is -1.56. The van der Waals surface area contributed by atoms with Crippen LogP contribution >= 0.6 is 0 Å². The van der Waals surface area contributed by atoms with Gasteiger partial charge in [0.15, 0.2) is 0 Å². The first-order valence-corrected chi connectivity index (χ1v) is 8.61. The summed E-state index contributed by atoms with van der Waals surface area (Å²) in [6.45, 7) is 9.66. The molecule has 0 nitrogen and oxygen atoms in total. The second-order valence-electron chi connectivity index (χ2n) is 7.15. The van der Waals surface area contributed by atoms with Crippen LogP contribution in [0.15, 0.2) is 60.7 Å². The molecule has 0 aromatic heterocycles. The van der Waals surface area contributed by atoms with Gasteiger partial charge in [-0.3, -0.25) is 0 Å². The molecule has 0 aliphatic heterocycles. The molecule has 0 aliphatic carbocycles. The van der Waals surface area contributed by atoms with E-state index in [9.17, 15) is 0 Å². The summed E-state index contributed by atoms with van der Waals surface area (Å²) in [7, 11) is 0. The van der Waals surface area contributed by atoms with Gasteiger partial charge in [-0.05, 0) is 47.6 Å². The Morgan fingerprint density at radius 3 is 1.18 bits per heavy atom. The molecule has 0 fully saturated rings. The van der Waals surface area contributed by atoms with Gasteiger partial charge in [-0.2, -0.15) is 0 Å². The molecule has 118 valence electrons. The van der Waals surface area contributed by atoms with E-state index in [1.54, 1.807) is 0 Å². The molecule has 22 heavy (non-hydrogen) atoms. The first-order valence-electron chi connectivity index (χ1n) is 8.61. The van der Waals surface area contributed by atoms with E-state index in [2.05, 4.69) is 88.4 Å². The fourth-order valence-electron chi connectivity index (χ4n) is 3.62. The Labute approximate surface area is 136 Å². The third-order valence-corrected chi connectivity index (χ3v) is 5.89. The Kier molecular flexibility index (Phi) is 5.45. The fourth-order valence-corrected chi connectivity index (χ4v) is 3.62. The van der Waals surface area contributed by atoms with Gasteiger partial charge in [-0.1, -0.05) is 88.4 Å². The molecule has 0 amide bonds. The predicted octanol–water partition coefficient (Wildman–Crippen LogP) is 6.30. The number of hydrogen-bond donors (Lipinski definition) is 0. The van der Waals surface area contributed by atoms with Crippen LogP contribution in [0.4, 0.5) is 0 Å². The van der Waals surface area contributed by atoms with E-state index in [4.69, 9.17) is 0 Å². The van der Waals surface area contributed by atoms with Gasteiger partial charge in [0.25, 0.3) is 0 Å².